The van der Waals surface area contributed by atoms with E-state index in [0.29, 0.717) is 0 Å². The zero-order valence-electron chi connectivity index (χ0n) is 42.6. The molecule has 6 rings (SSSR count). The molecule has 0 N–H and O–H groups in total. The topological polar surface area (TPSA) is 129 Å². The van der Waals surface area contributed by atoms with Gasteiger partial charge in [-0.25, -0.2) is 19.9 Å². The number of hydrogen-bond acceptors (Lipinski definition) is 10. The second-order valence-corrected chi connectivity index (χ2v) is 11.2. The van der Waals surface area contributed by atoms with Gasteiger partial charge in [0.1, 0.15) is 11.6 Å². The molecule has 0 aliphatic heterocycles. The fourth-order valence-corrected chi connectivity index (χ4v) is 3.47. The zero-order chi connectivity index (χ0) is 47.9. The number of pyridine rings is 2. The minimum Gasteiger partial charge on any atom is -0.264 e. The summed E-state index contributed by atoms with van der Waals surface area (Å²) >= 11 is 0. The van der Waals surface area contributed by atoms with Crippen LogP contribution in [-0.4, -0.2) is 49.8 Å². The van der Waals surface area contributed by atoms with Crippen molar-refractivity contribution < 1.29 is 0 Å². The van der Waals surface area contributed by atoms with Crippen molar-refractivity contribution in [3.8, 4) is 0 Å². The molecule has 10 nitrogen and oxygen atoms in total. The molecule has 10 heteroatoms. The SMILES string of the molecule is CC.CC.CC.CC.CC.CC.Cc1ccnc(C)c1.Cc1ccnc(C)n1.Cc1cnc(C)cn1.Cc1cnc(C)nc1.Cc1cncc(C)c1.Cc1cncc(C)n1. The van der Waals surface area contributed by atoms with Crippen LogP contribution in [0, 0.1) is 83.1 Å². The third-order valence-electron chi connectivity index (χ3n) is 5.67. The van der Waals surface area contributed by atoms with Crippen molar-refractivity contribution in [2.24, 2.45) is 0 Å². The van der Waals surface area contributed by atoms with E-state index in [1.165, 1.54) is 16.7 Å². The molecular weight excluding hydrogens is 741 g/mol. The monoisotopic (exact) mass is 827 g/mol. The van der Waals surface area contributed by atoms with Crippen molar-refractivity contribution in [1.82, 2.24) is 49.8 Å². The van der Waals surface area contributed by atoms with Gasteiger partial charge in [-0.05, 0) is 124 Å². The second kappa shape index (κ2) is 49.8. The Balaban J connectivity index is -0.000000139. The summed E-state index contributed by atoms with van der Waals surface area (Å²) in [6.07, 6.45) is 17.9. The smallest absolute Gasteiger partial charge is 0.125 e. The van der Waals surface area contributed by atoms with Crippen LogP contribution in [0.2, 0.25) is 0 Å². The van der Waals surface area contributed by atoms with E-state index >= 15 is 0 Å². The molecule has 0 amide bonds. The van der Waals surface area contributed by atoms with Gasteiger partial charge in [0.05, 0.1) is 22.8 Å². The molecule has 6 aromatic heterocycles. The van der Waals surface area contributed by atoms with Gasteiger partial charge in [-0.1, -0.05) is 89.2 Å². The van der Waals surface area contributed by atoms with Gasteiger partial charge in [-0.15, -0.1) is 0 Å². The molecule has 0 spiro atoms. The summed E-state index contributed by atoms with van der Waals surface area (Å²) in [7, 11) is 0. The summed E-state index contributed by atoms with van der Waals surface area (Å²) in [6.45, 7) is 47.5. The summed E-state index contributed by atoms with van der Waals surface area (Å²) in [5.41, 5.74) is 10.8. The maximum atomic E-state index is 4.11. The third-order valence-corrected chi connectivity index (χ3v) is 5.67. The van der Waals surface area contributed by atoms with Crippen LogP contribution in [0.3, 0.4) is 0 Å². The third kappa shape index (κ3) is 47.0. The minimum atomic E-state index is 0.829. The van der Waals surface area contributed by atoms with Crippen LogP contribution in [0.4, 0.5) is 0 Å². The van der Waals surface area contributed by atoms with Crippen LogP contribution in [0.25, 0.3) is 0 Å². The largest absolute Gasteiger partial charge is 0.264 e. The minimum absolute atomic E-state index is 0.829. The molecule has 0 aliphatic rings. The van der Waals surface area contributed by atoms with Crippen molar-refractivity contribution in [2.45, 2.75) is 166 Å². The van der Waals surface area contributed by atoms with Gasteiger partial charge in [0, 0.05) is 73.4 Å². The average molecular weight is 827 g/mol. The molecule has 0 bridgehead atoms. The Morgan fingerprint density at radius 2 is 0.683 bits per heavy atom. The standard InChI is InChI=1S/2C7H9N.4C6H8N2.6C2H6/c1-6-3-7(2)5-8-4-6;1-6-3-4-8-7(2)5-6;1-5-3-8-6(2)4-7-5;1-5-3-7-4-6(2)8-5;1-5-3-7-6(2)8-4-5;1-5-3-4-7-6(2)8-5;6*1-2/h2*3-5H,1-2H3;4*3-4H,1-2H3;6*1-2H3. The molecule has 0 radical (unpaired) electrons. The van der Waals surface area contributed by atoms with Crippen LogP contribution in [-0.2, 0) is 0 Å². The Morgan fingerprint density at radius 3 is 0.933 bits per heavy atom. The van der Waals surface area contributed by atoms with Crippen LogP contribution < -0.4 is 0 Å². The van der Waals surface area contributed by atoms with Crippen molar-refractivity contribution in [3.05, 3.63) is 154 Å². The quantitative estimate of drug-likeness (QED) is 0.146. The van der Waals surface area contributed by atoms with E-state index in [9.17, 15) is 0 Å². The number of aryl methyl sites for hydroxylation is 12. The lowest BCUT2D eigenvalue weighted by Gasteiger charge is -1.90. The first-order valence-corrected chi connectivity index (χ1v) is 21.5. The van der Waals surface area contributed by atoms with E-state index in [-0.39, 0.29) is 0 Å². The zero-order valence-corrected chi connectivity index (χ0v) is 42.6. The lowest BCUT2D eigenvalue weighted by atomic mass is 10.2. The Labute approximate surface area is 369 Å². The molecule has 6 heterocycles. The normalized spacial score (nSPS) is 8.00. The molecular formula is C50H86N10. The summed E-state index contributed by atoms with van der Waals surface area (Å²) in [5, 5.41) is 0. The van der Waals surface area contributed by atoms with E-state index in [0.717, 1.165) is 51.4 Å². The van der Waals surface area contributed by atoms with Crippen LogP contribution in [0.15, 0.2) is 86.2 Å². The van der Waals surface area contributed by atoms with Gasteiger partial charge < -0.3 is 0 Å². The van der Waals surface area contributed by atoms with Gasteiger partial charge >= 0.3 is 0 Å². The van der Waals surface area contributed by atoms with E-state index in [2.05, 4.69) is 68.9 Å². The number of rotatable bonds is 0. The van der Waals surface area contributed by atoms with Crippen molar-refractivity contribution in [1.29, 1.82) is 0 Å². The molecule has 60 heavy (non-hydrogen) atoms. The first-order valence-electron chi connectivity index (χ1n) is 21.5. The first kappa shape index (κ1) is 66.4. The van der Waals surface area contributed by atoms with Crippen molar-refractivity contribution in [2.75, 3.05) is 0 Å². The first-order chi connectivity index (χ1) is 28.7. The van der Waals surface area contributed by atoms with E-state index in [1.807, 2.05) is 202 Å². The second-order valence-electron chi connectivity index (χ2n) is 11.2. The predicted octanol–water partition coefficient (Wildman–Crippen LogP) is 13.9. The van der Waals surface area contributed by atoms with E-state index in [4.69, 9.17) is 0 Å². The van der Waals surface area contributed by atoms with Crippen molar-refractivity contribution in [3.63, 3.8) is 0 Å². The number of hydrogen-bond donors (Lipinski definition) is 0. The fraction of sp³-hybridized carbons (Fsp3) is 0.480. The Morgan fingerprint density at radius 1 is 0.267 bits per heavy atom. The highest BCUT2D eigenvalue weighted by atomic mass is 14.9. The maximum Gasteiger partial charge on any atom is 0.125 e. The highest BCUT2D eigenvalue weighted by Crippen LogP contribution is 1.97. The van der Waals surface area contributed by atoms with Gasteiger partial charge in [0.2, 0.25) is 0 Å². The van der Waals surface area contributed by atoms with Crippen LogP contribution in [0.5, 0.6) is 0 Å². The number of nitrogens with zero attached hydrogens (tertiary/aromatic N) is 10. The Bertz CT molecular complexity index is 1410. The molecule has 0 unspecified atom stereocenters. The maximum absolute atomic E-state index is 4.11. The summed E-state index contributed by atoms with van der Waals surface area (Å²) in [4.78, 5) is 40.0. The Kier molecular flexibility index (Phi) is 55.1. The van der Waals surface area contributed by atoms with Crippen molar-refractivity contribution >= 4 is 0 Å². The molecule has 0 fully saturated rings. The predicted molar refractivity (Wildman–Crippen MR) is 262 cm³/mol. The molecule has 0 aliphatic carbocycles. The van der Waals surface area contributed by atoms with Gasteiger partial charge in [0.25, 0.3) is 0 Å². The molecule has 0 saturated carbocycles. The number of aromatic nitrogens is 10. The highest BCUT2D eigenvalue weighted by Gasteiger charge is 1.86. The summed E-state index contributed by atoms with van der Waals surface area (Å²) < 4.78 is 0. The van der Waals surface area contributed by atoms with Gasteiger partial charge in [-0.2, -0.15) is 0 Å². The van der Waals surface area contributed by atoms with E-state index < -0.39 is 0 Å². The molecule has 6 aromatic rings. The molecule has 0 saturated heterocycles. The van der Waals surface area contributed by atoms with Crippen LogP contribution in [0.1, 0.15) is 151 Å². The summed E-state index contributed by atoms with van der Waals surface area (Å²) in [5.74, 6) is 1.67. The van der Waals surface area contributed by atoms with Crippen LogP contribution >= 0.6 is 0 Å². The van der Waals surface area contributed by atoms with E-state index in [1.54, 1.807) is 31.0 Å². The van der Waals surface area contributed by atoms with Gasteiger partial charge in [0.15, 0.2) is 0 Å². The highest BCUT2D eigenvalue weighted by molar-refractivity contribution is 5.14. The fourth-order valence-electron chi connectivity index (χ4n) is 3.47. The Hall–Kier alpha value is -5.38. The average Bonchev–Trinajstić information content (AvgIpc) is 3.25. The molecule has 336 valence electrons. The lowest BCUT2D eigenvalue weighted by molar-refractivity contribution is 1.01. The molecule has 0 aromatic carbocycles. The van der Waals surface area contributed by atoms with Gasteiger partial charge in [-0.3, -0.25) is 29.9 Å². The summed E-state index contributed by atoms with van der Waals surface area (Å²) in [6, 6.07) is 8.03. The molecule has 0 atom stereocenters. The lowest BCUT2D eigenvalue weighted by Crippen LogP contribution is -1.86.